The summed E-state index contributed by atoms with van der Waals surface area (Å²) in [6, 6.07) is 7.44. The average Bonchev–Trinajstić information content (AvgIpc) is 2.31. The predicted octanol–water partition coefficient (Wildman–Crippen LogP) is 3.66. The molecule has 88 valence electrons. The number of ether oxygens (including phenoxy) is 1. The molecule has 0 heterocycles. The van der Waals surface area contributed by atoms with Gasteiger partial charge in [-0.2, -0.15) is 0 Å². The summed E-state index contributed by atoms with van der Waals surface area (Å²) in [5.74, 6) is -0.567. The van der Waals surface area contributed by atoms with Gasteiger partial charge in [0, 0.05) is 4.47 Å². The van der Waals surface area contributed by atoms with Crippen molar-refractivity contribution in [2.45, 2.75) is 13.8 Å². The Hall–Kier alpha value is -1.60. The standard InChI is InChI=1S/C13H12BrNO2/c1-4-17-13(16)12(15-3)9(2)10-5-7-11(14)8-6-10/h5-8H,4H2,1-2H3/b12-9-. The van der Waals surface area contributed by atoms with Gasteiger partial charge >= 0.3 is 5.97 Å². The molecule has 0 unspecified atom stereocenters. The van der Waals surface area contributed by atoms with E-state index in [1.54, 1.807) is 13.8 Å². The summed E-state index contributed by atoms with van der Waals surface area (Å²) in [7, 11) is 0. The molecular formula is C13H12BrNO2. The van der Waals surface area contributed by atoms with Crippen LogP contribution in [0.4, 0.5) is 0 Å². The van der Waals surface area contributed by atoms with E-state index in [1.165, 1.54) is 0 Å². The maximum Gasteiger partial charge on any atom is 0.336 e. The molecule has 0 atom stereocenters. The molecule has 0 bridgehead atoms. The summed E-state index contributed by atoms with van der Waals surface area (Å²) in [6.45, 7) is 10.8. The Labute approximate surface area is 109 Å². The first-order chi connectivity index (χ1) is 8.10. The summed E-state index contributed by atoms with van der Waals surface area (Å²) in [5.41, 5.74) is 1.51. The molecule has 0 amide bonds. The molecule has 0 fully saturated rings. The smallest absolute Gasteiger partial charge is 0.336 e. The van der Waals surface area contributed by atoms with Crippen LogP contribution in [0, 0.1) is 6.57 Å². The van der Waals surface area contributed by atoms with E-state index >= 15 is 0 Å². The topological polar surface area (TPSA) is 30.7 Å². The summed E-state index contributed by atoms with van der Waals surface area (Å²) in [5, 5.41) is 0. The first kappa shape index (κ1) is 13.5. The fraction of sp³-hybridized carbons (Fsp3) is 0.231. The van der Waals surface area contributed by atoms with Crippen LogP contribution in [-0.4, -0.2) is 12.6 Å². The zero-order valence-corrected chi connectivity index (χ0v) is 11.2. The molecule has 1 aromatic carbocycles. The quantitative estimate of drug-likeness (QED) is 0.484. The zero-order chi connectivity index (χ0) is 12.8. The van der Waals surface area contributed by atoms with Gasteiger partial charge in [-0.15, -0.1) is 0 Å². The molecule has 17 heavy (non-hydrogen) atoms. The normalized spacial score (nSPS) is 11.4. The Morgan fingerprint density at radius 3 is 2.47 bits per heavy atom. The lowest BCUT2D eigenvalue weighted by Crippen LogP contribution is -2.06. The van der Waals surface area contributed by atoms with E-state index in [-0.39, 0.29) is 12.3 Å². The Bertz CT molecular complexity index is 483. The maximum atomic E-state index is 11.6. The number of halogens is 1. The number of rotatable bonds is 3. The fourth-order valence-corrected chi connectivity index (χ4v) is 1.58. The van der Waals surface area contributed by atoms with E-state index < -0.39 is 5.97 Å². The van der Waals surface area contributed by atoms with Crippen molar-refractivity contribution in [2.24, 2.45) is 0 Å². The van der Waals surface area contributed by atoms with Gasteiger partial charge in [0.1, 0.15) is 0 Å². The molecule has 0 saturated carbocycles. The van der Waals surface area contributed by atoms with Crippen LogP contribution in [0.5, 0.6) is 0 Å². The number of carbonyl (C=O) groups is 1. The van der Waals surface area contributed by atoms with Gasteiger partial charge in [-0.3, -0.25) is 4.79 Å². The first-order valence-corrected chi connectivity index (χ1v) is 5.90. The Kier molecular flexibility index (Phi) is 4.92. The minimum Gasteiger partial charge on any atom is -0.471 e. The molecule has 0 spiro atoms. The number of hydrogen-bond acceptors (Lipinski definition) is 2. The van der Waals surface area contributed by atoms with Gasteiger partial charge in [0.25, 0.3) is 5.70 Å². The van der Waals surface area contributed by atoms with Gasteiger partial charge in [-0.1, -0.05) is 28.1 Å². The fourth-order valence-electron chi connectivity index (χ4n) is 1.32. The molecule has 0 aliphatic rings. The highest BCUT2D eigenvalue weighted by atomic mass is 79.9. The van der Waals surface area contributed by atoms with E-state index in [0.717, 1.165) is 10.0 Å². The number of esters is 1. The van der Waals surface area contributed by atoms with Crippen molar-refractivity contribution in [3.05, 3.63) is 51.4 Å². The monoisotopic (exact) mass is 293 g/mol. The van der Waals surface area contributed by atoms with Gasteiger partial charge in [-0.25, -0.2) is 4.85 Å². The second-order valence-electron chi connectivity index (χ2n) is 3.31. The van der Waals surface area contributed by atoms with Crippen LogP contribution in [0.1, 0.15) is 19.4 Å². The highest BCUT2D eigenvalue weighted by Gasteiger charge is 2.15. The van der Waals surface area contributed by atoms with Gasteiger partial charge in [0.2, 0.25) is 0 Å². The number of nitrogens with zero attached hydrogens (tertiary/aromatic N) is 1. The lowest BCUT2D eigenvalue weighted by molar-refractivity contribution is -0.138. The van der Waals surface area contributed by atoms with E-state index in [2.05, 4.69) is 20.8 Å². The van der Waals surface area contributed by atoms with Gasteiger partial charge in [0.05, 0.1) is 13.2 Å². The SMILES string of the molecule is [C-]#[N+]/C(C(=O)OCC)=C(/C)c1ccc(Br)cc1. The minimum absolute atomic E-state index is 0.0363. The predicted molar refractivity (Wildman–Crippen MR) is 70.0 cm³/mol. The van der Waals surface area contributed by atoms with Crippen molar-refractivity contribution >= 4 is 27.5 Å². The van der Waals surface area contributed by atoms with Crippen LogP contribution in [0.25, 0.3) is 10.4 Å². The Morgan fingerprint density at radius 1 is 1.41 bits per heavy atom. The van der Waals surface area contributed by atoms with Gasteiger partial charge in [0.15, 0.2) is 0 Å². The first-order valence-electron chi connectivity index (χ1n) is 5.11. The largest absolute Gasteiger partial charge is 0.471 e. The van der Waals surface area contributed by atoms with E-state index in [0.29, 0.717) is 5.57 Å². The van der Waals surface area contributed by atoms with Crippen LogP contribution in [0.3, 0.4) is 0 Å². The second-order valence-corrected chi connectivity index (χ2v) is 4.23. The summed E-state index contributed by atoms with van der Waals surface area (Å²) in [4.78, 5) is 14.8. The summed E-state index contributed by atoms with van der Waals surface area (Å²) >= 11 is 3.33. The summed E-state index contributed by atoms with van der Waals surface area (Å²) < 4.78 is 5.79. The highest BCUT2D eigenvalue weighted by Crippen LogP contribution is 2.22. The highest BCUT2D eigenvalue weighted by molar-refractivity contribution is 9.10. The van der Waals surface area contributed by atoms with E-state index in [1.807, 2.05) is 24.3 Å². The maximum absolute atomic E-state index is 11.6. The average molecular weight is 294 g/mol. The third kappa shape index (κ3) is 3.43. The van der Waals surface area contributed by atoms with Crippen molar-refractivity contribution in [3.8, 4) is 0 Å². The number of benzene rings is 1. The third-order valence-electron chi connectivity index (χ3n) is 2.21. The van der Waals surface area contributed by atoms with Crippen LogP contribution in [-0.2, 0) is 9.53 Å². The lowest BCUT2D eigenvalue weighted by Gasteiger charge is -2.06. The molecule has 0 N–H and O–H groups in total. The van der Waals surface area contributed by atoms with Gasteiger partial charge in [-0.05, 0) is 37.1 Å². The molecule has 1 aromatic rings. The molecular weight excluding hydrogens is 282 g/mol. The lowest BCUT2D eigenvalue weighted by atomic mass is 10.1. The molecule has 4 heteroatoms. The Balaban J connectivity index is 3.13. The zero-order valence-electron chi connectivity index (χ0n) is 9.66. The summed E-state index contributed by atoms with van der Waals surface area (Å²) in [6.07, 6.45) is 0. The van der Waals surface area contributed by atoms with E-state index in [4.69, 9.17) is 11.3 Å². The molecule has 3 nitrogen and oxygen atoms in total. The molecule has 0 aromatic heterocycles. The van der Waals surface area contributed by atoms with Crippen LogP contribution in [0.15, 0.2) is 34.4 Å². The van der Waals surface area contributed by atoms with Crippen molar-refractivity contribution < 1.29 is 9.53 Å². The molecule has 0 aliphatic carbocycles. The van der Waals surface area contributed by atoms with E-state index in [9.17, 15) is 4.79 Å². The second kappa shape index (κ2) is 6.21. The molecule has 1 rings (SSSR count). The van der Waals surface area contributed by atoms with Crippen LogP contribution >= 0.6 is 15.9 Å². The van der Waals surface area contributed by atoms with Gasteiger partial charge < -0.3 is 4.74 Å². The van der Waals surface area contributed by atoms with Crippen molar-refractivity contribution in [3.63, 3.8) is 0 Å². The van der Waals surface area contributed by atoms with Crippen LogP contribution < -0.4 is 0 Å². The number of hydrogen-bond donors (Lipinski definition) is 0. The number of carbonyl (C=O) groups excluding carboxylic acids is 1. The molecule has 0 saturated heterocycles. The van der Waals surface area contributed by atoms with Crippen molar-refractivity contribution in [1.82, 2.24) is 0 Å². The van der Waals surface area contributed by atoms with Crippen molar-refractivity contribution in [2.75, 3.05) is 6.61 Å². The molecule has 0 aliphatic heterocycles. The van der Waals surface area contributed by atoms with Crippen molar-refractivity contribution in [1.29, 1.82) is 0 Å². The molecule has 0 radical (unpaired) electrons. The van der Waals surface area contributed by atoms with Crippen LogP contribution in [0.2, 0.25) is 0 Å². The minimum atomic E-state index is -0.567. The number of allylic oxidation sites excluding steroid dienone is 1. The Morgan fingerprint density at radius 2 is 2.00 bits per heavy atom. The third-order valence-corrected chi connectivity index (χ3v) is 2.74.